The molecule has 0 aliphatic carbocycles. The smallest absolute Gasteiger partial charge is 0.223 e. The van der Waals surface area contributed by atoms with Gasteiger partial charge in [-0.2, -0.15) is 0 Å². The molecule has 0 aliphatic rings. The quantitative estimate of drug-likeness (QED) is 0.330. The highest BCUT2D eigenvalue weighted by molar-refractivity contribution is 14.0. The maximum Gasteiger partial charge on any atom is 0.223 e. The molecule has 0 heterocycles. The van der Waals surface area contributed by atoms with E-state index in [-0.39, 0.29) is 35.3 Å². The Morgan fingerprint density at radius 3 is 2.54 bits per heavy atom. The second-order valence-corrected chi connectivity index (χ2v) is 7.57. The number of halogens is 2. The highest BCUT2D eigenvalue weighted by atomic mass is 127. The molecule has 1 rings (SSSR count). The number of aliphatic imine (C=N–C) groups is 1. The average molecular weight is 495 g/mol. The first-order valence-electron chi connectivity index (χ1n) is 8.70. The third kappa shape index (κ3) is 10.2. The number of nitrogens with zero attached hydrogens (tertiary/aromatic N) is 2. The van der Waals surface area contributed by atoms with E-state index < -0.39 is 0 Å². The van der Waals surface area contributed by atoms with E-state index in [1.54, 1.807) is 19.0 Å². The van der Waals surface area contributed by atoms with Gasteiger partial charge >= 0.3 is 0 Å². The molecule has 1 aromatic carbocycles. The summed E-state index contributed by atoms with van der Waals surface area (Å²) in [6.07, 6.45) is 1.35. The maximum atomic E-state index is 11.6. The molecule has 7 heteroatoms. The first kappa shape index (κ1) is 25.0. The van der Waals surface area contributed by atoms with Crippen LogP contribution in [0.3, 0.4) is 0 Å². The Balaban J connectivity index is 0.00000625. The van der Waals surface area contributed by atoms with Gasteiger partial charge in [-0.15, -0.1) is 24.0 Å². The zero-order valence-corrected chi connectivity index (χ0v) is 19.5. The zero-order valence-electron chi connectivity index (χ0n) is 16.4. The Hall–Kier alpha value is -1.02. The van der Waals surface area contributed by atoms with E-state index in [1.807, 2.05) is 25.1 Å². The standard InChI is InChI=1S/C19H31ClN4O.HI/c1-6-21-18(22-11-10-17(25)24(4)5)23-14-19(2,3)13-15-8-7-9-16(20)12-15;/h7-9,12H,6,10-11,13-14H2,1-5H3,(H2,21,22,23);1H. The van der Waals surface area contributed by atoms with E-state index >= 15 is 0 Å². The minimum absolute atomic E-state index is 0. The maximum absolute atomic E-state index is 11.6. The first-order chi connectivity index (χ1) is 11.7. The van der Waals surface area contributed by atoms with Crippen LogP contribution in [0.2, 0.25) is 5.02 Å². The van der Waals surface area contributed by atoms with Crippen LogP contribution in [0.4, 0.5) is 0 Å². The molecule has 0 aliphatic heterocycles. The lowest BCUT2D eigenvalue weighted by Crippen LogP contribution is -2.40. The zero-order chi connectivity index (χ0) is 18.9. The normalized spacial score (nSPS) is 11.5. The van der Waals surface area contributed by atoms with Gasteiger partial charge in [0.05, 0.1) is 0 Å². The van der Waals surface area contributed by atoms with Gasteiger partial charge in [-0.3, -0.25) is 9.79 Å². The van der Waals surface area contributed by atoms with Gasteiger partial charge in [-0.05, 0) is 36.5 Å². The average Bonchev–Trinajstić information content (AvgIpc) is 2.52. The van der Waals surface area contributed by atoms with E-state index in [0.29, 0.717) is 19.5 Å². The fourth-order valence-corrected chi connectivity index (χ4v) is 2.61. The Bertz CT molecular complexity index is 591. The first-order valence-corrected chi connectivity index (χ1v) is 9.08. The molecule has 0 aromatic heterocycles. The number of nitrogens with one attached hydrogen (secondary N) is 2. The molecule has 148 valence electrons. The van der Waals surface area contributed by atoms with Gasteiger partial charge < -0.3 is 15.5 Å². The van der Waals surface area contributed by atoms with E-state index in [0.717, 1.165) is 23.9 Å². The van der Waals surface area contributed by atoms with Crippen LogP contribution in [-0.2, 0) is 11.2 Å². The van der Waals surface area contributed by atoms with Gasteiger partial charge in [0.25, 0.3) is 0 Å². The molecule has 0 saturated heterocycles. The number of guanidine groups is 1. The lowest BCUT2D eigenvalue weighted by Gasteiger charge is -2.23. The lowest BCUT2D eigenvalue weighted by molar-refractivity contribution is -0.128. The number of rotatable bonds is 8. The van der Waals surface area contributed by atoms with E-state index in [1.165, 1.54) is 5.56 Å². The fourth-order valence-electron chi connectivity index (χ4n) is 2.40. The molecule has 0 atom stereocenters. The van der Waals surface area contributed by atoms with Crippen LogP contribution in [0.1, 0.15) is 32.8 Å². The second kappa shape index (κ2) is 12.4. The summed E-state index contributed by atoms with van der Waals surface area (Å²) in [6, 6.07) is 7.96. The Kier molecular flexibility index (Phi) is 11.9. The van der Waals surface area contributed by atoms with Crippen molar-refractivity contribution in [3.8, 4) is 0 Å². The van der Waals surface area contributed by atoms with Crippen LogP contribution < -0.4 is 10.6 Å². The van der Waals surface area contributed by atoms with Crippen molar-refractivity contribution >= 4 is 47.4 Å². The number of carbonyl (C=O) groups excluding carboxylic acids is 1. The molecule has 0 radical (unpaired) electrons. The van der Waals surface area contributed by atoms with Crippen LogP contribution in [0.25, 0.3) is 0 Å². The number of benzene rings is 1. The molecule has 0 spiro atoms. The van der Waals surface area contributed by atoms with Crippen molar-refractivity contribution in [2.45, 2.75) is 33.6 Å². The SMILES string of the molecule is CCNC(=NCC(C)(C)Cc1cccc(Cl)c1)NCCC(=O)N(C)C.I. The fraction of sp³-hybridized carbons (Fsp3) is 0.579. The predicted molar refractivity (Wildman–Crippen MR) is 122 cm³/mol. The number of amides is 1. The summed E-state index contributed by atoms with van der Waals surface area (Å²) in [6.45, 7) is 8.43. The summed E-state index contributed by atoms with van der Waals surface area (Å²) in [5, 5.41) is 7.21. The largest absolute Gasteiger partial charge is 0.357 e. The number of hydrogen-bond donors (Lipinski definition) is 2. The van der Waals surface area contributed by atoms with Crippen molar-refractivity contribution in [3.05, 3.63) is 34.9 Å². The Morgan fingerprint density at radius 1 is 1.27 bits per heavy atom. The predicted octanol–water partition coefficient (Wildman–Crippen LogP) is 3.56. The third-order valence-electron chi connectivity index (χ3n) is 3.71. The van der Waals surface area contributed by atoms with Gasteiger partial charge in [0.2, 0.25) is 5.91 Å². The van der Waals surface area contributed by atoms with Crippen LogP contribution >= 0.6 is 35.6 Å². The molecule has 0 bridgehead atoms. The molecule has 1 aromatic rings. The minimum atomic E-state index is 0. The number of carbonyl (C=O) groups is 1. The highest BCUT2D eigenvalue weighted by Crippen LogP contribution is 2.23. The minimum Gasteiger partial charge on any atom is -0.357 e. The molecule has 0 saturated carbocycles. The van der Waals surface area contributed by atoms with Gasteiger partial charge in [0, 0.05) is 45.2 Å². The summed E-state index contributed by atoms with van der Waals surface area (Å²) in [5.41, 5.74) is 1.22. The Labute approximate surface area is 180 Å². The summed E-state index contributed by atoms with van der Waals surface area (Å²) >= 11 is 6.07. The topological polar surface area (TPSA) is 56.7 Å². The van der Waals surface area contributed by atoms with Crippen LogP contribution in [0, 0.1) is 5.41 Å². The van der Waals surface area contributed by atoms with Crippen molar-refractivity contribution in [3.63, 3.8) is 0 Å². The van der Waals surface area contributed by atoms with E-state index in [2.05, 4.69) is 35.5 Å². The molecule has 2 N–H and O–H groups in total. The van der Waals surface area contributed by atoms with Crippen molar-refractivity contribution < 1.29 is 4.79 Å². The van der Waals surface area contributed by atoms with Crippen LogP contribution in [-0.4, -0.2) is 50.5 Å². The molecule has 1 amide bonds. The summed E-state index contributed by atoms with van der Waals surface area (Å²) in [4.78, 5) is 17.9. The van der Waals surface area contributed by atoms with Crippen molar-refractivity contribution in [2.24, 2.45) is 10.4 Å². The van der Waals surface area contributed by atoms with E-state index in [4.69, 9.17) is 11.6 Å². The summed E-state index contributed by atoms with van der Waals surface area (Å²) in [5.74, 6) is 0.845. The summed E-state index contributed by atoms with van der Waals surface area (Å²) in [7, 11) is 3.53. The highest BCUT2D eigenvalue weighted by Gasteiger charge is 2.18. The van der Waals surface area contributed by atoms with Crippen LogP contribution in [0.5, 0.6) is 0 Å². The Morgan fingerprint density at radius 2 is 1.96 bits per heavy atom. The van der Waals surface area contributed by atoms with Crippen molar-refractivity contribution in [1.29, 1.82) is 0 Å². The monoisotopic (exact) mass is 494 g/mol. The van der Waals surface area contributed by atoms with E-state index in [9.17, 15) is 4.79 Å². The molecular formula is C19H32ClIN4O. The molecule has 5 nitrogen and oxygen atoms in total. The molecular weight excluding hydrogens is 463 g/mol. The van der Waals surface area contributed by atoms with Crippen LogP contribution in [0.15, 0.2) is 29.3 Å². The van der Waals surface area contributed by atoms with Gasteiger partial charge in [0.15, 0.2) is 5.96 Å². The van der Waals surface area contributed by atoms with Gasteiger partial charge in [-0.1, -0.05) is 37.6 Å². The molecule has 0 fully saturated rings. The molecule has 0 unspecified atom stereocenters. The third-order valence-corrected chi connectivity index (χ3v) is 3.95. The second-order valence-electron chi connectivity index (χ2n) is 7.13. The summed E-state index contributed by atoms with van der Waals surface area (Å²) < 4.78 is 0. The van der Waals surface area contributed by atoms with Gasteiger partial charge in [0.1, 0.15) is 0 Å². The van der Waals surface area contributed by atoms with Gasteiger partial charge in [-0.25, -0.2) is 0 Å². The molecule has 26 heavy (non-hydrogen) atoms. The van der Waals surface area contributed by atoms with Crippen molar-refractivity contribution in [1.82, 2.24) is 15.5 Å². The van der Waals surface area contributed by atoms with Crippen molar-refractivity contribution in [2.75, 3.05) is 33.7 Å². The number of hydrogen-bond acceptors (Lipinski definition) is 2. The lowest BCUT2D eigenvalue weighted by atomic mass is 9.86.